The van der Waals surface area contributed by atoms with Crippen molar-refractivity contribution in [3.8, 4) is 17.2 Å². The number of phenols is 1. The highest BCUT2D eigenvalue weighted by atomic mass is 16.4. The van der Waals surface area contributed by atoms with Crippen molar-refractivity contribution in [2.75, 3.05) is 13.1 Å². The molecule has 0 aliphatic carbocycles. The van der Waals surface area contributed by atoms with Crippen LogP contribution >= 0.6 is 0 Å². The van der Waals surface area contributed by atoms with Crippen LogP contribution in [0.4, 0.5) is 0 Å². The van der Waals surface area contributed by atoms with Crippen molar-refractivity contribution in [1.29, 1.82) is 0 Å². The van der Waals surface area contributed by atoms with E-state index in [9.17, 15) is 14.7 Å². The van der Waals surface area contributed by atoms with Crippen molar-refractivity contribution >= 4 is 22.1 Å². The zero-order valence-electron chi connectivity index (χ0n) is 19.4. The van der Waals surface area contributed by atoms with Crippen LogP contribution in [0.1, 0.15) is 23.6 Å². The number of benzene rings is 2. The smallest absolute Gasteiger partial charge is 0.349 e. The minimum absolute atomic E-state index is 0.0545. The Morgan fingerprint density at radius 2 is 1.86 bits per heavy atom. The molecule has 0 unspecified atom stereocenters. The number of likely N-dealkylation sites (tertiary alicyclic amines) is 1. The molecule has 5 aromatic rings. The van der Waals surface area contributed by atoms with Crippen LogP contribution in [0.5, 0.6) is 5.75 Å². The van der Waals surface area contributed by atoms with Crippen LogP contribution in [-0.4, -0.2) is 32.6 Å². The molecule has 36 heavy (non-hydrogen) atoms. The van der Waals surface area contributed by atoms with Gasteiger partial charge >= 0.3 is 5.63 Å². The number of nitrogens with zero attached hydrogens (tertiary/aromatic N) is 3. The molecule has 1 fully saturated rings. The number of rotatable bonds is 3. The minimum Gasteiger partial charge on any atom is -0.507 e. The number of pyridine rings is 1. The minimum atomic E-state index is -0.565. The number of aromatic nitrogens is 2. The summed E-state index contributed by atoms with van der Waals surface area (Å²) in [6.07, 6.45) is 1.05. The molecule has 7 rings (SSSR count). The molecule has 0 amide bonds. The molecule has 8 heteroatoms. The van der Waals surface area contributed by atoms with E-state index in [-0.39, 0.29) is 28.7 Å². The largest absolute Gasteiger partial charge is 0.507 e. The van der Waals surface area contributed by atoms with Gasteiger partial charge in [0.2, 0.25) is 5.89 Å². The van der Waals surface area contributed by atoms with Gasteiger partial charge in [-0.25, -0.2) is 9.78 Å². The molecule has 8 nitrogen and oxygen atoms in total. The fourth-order valence-electron chi connectivity index (χ4n) is 5.87. The second kappa shape index (κ2) is 7.93. The summed E-state index contributed by atoms with van der Waals surface area (Å²) in [5.74, 6) is 0.902. The van der Waals surface area contributed by atoms with E-state index in [1.807, 2.05) is 34.9 Å². The number of fused-ring (bicyclic) bond motifs is 6. The zero-order valence-corrected chi connectivity index (χ0v) is 19.4. The lowest BCUT2D eigenvalue weighted by Gasteiger charge is -2.42. The first-order chi connectivity index (χ1) is 17.5. The lowest BCUT2D eigenvalue weighted by Crippen LogP contribution is -2.46. The van der Waals surface area contributed by atoms with E-state index in [0.29, 0.717) is 46.6 Å². The summed E-state index contributed by atoms with van der Waals surface area (Å²) < 4.78 is 13.5. The van der Waals surface area contributed by atoms with Crippen molar-refractivity contribution < 1.29 is 13.9 Å². The van der Waals surface area contributed by atoms with Gasteiger partial charge in [0.25, 0.3) is 5.56 Å². The molecular weight excluding hydrogens is 458 g/mol. The molecule has 2 aromatic carbocycles. The van der Waals surface area contributed by atoms with Crippen LogP contribution in [0.15, 0.2) is 79.1 Å². The molecule has 180 valence electrons. The van der Waals surface area contributed by atoms with Gasteiger partial charge in [0, 0.05) is 49.2 Å². The molecule has 2 atom stereocenters. The van der Waals surface area contributed by atoms with Crippen molar-refractivity contribution in [3.05, 3.63) is 92.7 Å². The Labute approximate surface area is 205 Å². The van der Waals surface area contributed by atoms with E-state index in [2.05, 4.69) is 9.88 Å². The van der Waals surface area contributed by atoms with Crippen LogP contribution in [0.25, 0.3) is 33.5 Å². The van der Waals surface area contributed by atoms with E-state index in [0.717, 1.165) is 25.2 Å². The number of hydrogen-bond acceptors (Lipinski definition) is 7. The highest BCUT2D eigenvalue weighted by Gasteiger charge is 2.35. The van der Waals surface area contributed by atoms with E-state index in [1.165, 1.54) is 0 Å². The Morgan fingerprint density at radius 1 is 0.972 bits per heavy atom. The molecule has 0 spiro atoms. The lowest BCUT2D eigenvalue weighted by atomic mass is 9.83. The van der Waals surface area contributed by atoms with Gasteiger partial charge in [-0.3, -0.25) is 9.69 Å². The first kappa shape index (κ1) is 21.1. The lowest BCUT2D eigenvalue weighted by molar-refractivity contribution is 0.113. The highest BCUT2D eigenvalue weighted by molar-refractivity contribution is 5.85. The third-order valence-electron chi connectivity index (χ3n) is 7.44. The normalized spacial score (nSPS) is 19.6. The Balaban J connectivity index is 1.24. The molecule has 0 saturated carbocycles. The van der Waals surface area contributed by atoms with Crippen molar-refractivity contribution in [1.82, 2.24) is 14.5 Å². The van der Waals surface area contributed by atoms with Gasteiger partial charge in [0.1, 0.15) is 22.4 Å². The molecule has 1 saturated heterocycles. The van der Waals surface area contributed by atoms with Crippen LogP contribution in [0, 0.1) is 5.92 Å². The predicted octanol–water partition coefficient (Wildman–Crippen LogP) is 4.09. The SMILES string of the molecule is O=c1oc2c(CN3C[C@@H]4C[C@H](C3)c3cccc(=O)n3C4)c(O)ccc2cc1-c1nc2ccccc2o1. The average Bonchev–Trinajstić information content (AvgIpc) is 3.30. The third kappa shape index (κ3) is 3.37. The Hall–Kier alpha value is -4.17. The van der Waals surface area contributed by atoms with Gasteiger partial charge in [0.15, 0.2) is 5.58 Å². The van der Waals surface area contributed by atoms with Crippen molar-refractivity contribution in [2.24, 2.45) is 5.92 Å². The number of para-hydroxylation sites is 2. The van der Waals surface area contributed by atoms with Gasteiger partial charge in [0.05, 0.1) is 5.56 Å². The van der Waals surface area contributed by atoms with E-state index in [1.54, 1.807) is 30.3 Å². The van der Waals surface area contributed by atoms with Crippen LogP contribution in [0.3, 0.4) is 0 Å². The zero-order chi connectivity index (χ0) is 24.4. The standard InChI is InChI=1S/C28H23N3O5/c32-23-9-8-17-11-19(27-29-21-4-1-2-6-24(21)35-27)28(34)36-26(17)20(23)15-30-12-16-10-18(14-30)22-5-3-7-25(33)31(22)13-16/h1-9,11,16,18,32H,10,12-15H2/t16-,18+/m0/s1. The third-order valence-corrected chi connectivity index (χ3v) is 7.44. The first-order valence-electron chi connectivity index (χ1n) is 12.1. The van der Waals surface area contributed by atoms with E-state index < -0.39 is 5.63 Å². The number of hydrogen-bond donors (Lipinski definition) is 1. The molecule has 0 radical (unpaired) electrons. The van der Waals surface area contributed by atoms with Crippen LogP contribution in [-0.2, 0) is 13.1 Å². The van der Waals surface area contributed by atoms with Crippen LogP contribution in [0.2, 0.25) is 0 Å². The summed E-state index contributed by atoms with van der Waals surface area (Å²) in [5.41, 5.74) is 3.01. The van der Waals surface area contributed by atoms with E-state index >= 15 is 0 Å². The molecule has 2 bridgehead atoms. The summed E-state index contributed by atoms with van der Waals surface area (Å²) in [7, 11) is 0. The van der Waals surface area contributed by atoms with Gasteiger partial charge < -0.3 is 18.5 Å². The van der Waals surface area contributed by atoms with E-state index in [4.69, 9.17) is 8.83 Å². The summed E-state index contributed by atoms with van der Waals surface area (Å²) in [5, 5.41) is 11.4. The van der Waals surface area contributed by atoms with Crippen LogP contribution < -0.4 is 11.2 Å². The fourth-order valence-corrected chi connectivity index (χ4v) is 5.87. The molecule has 1 N–H and O–H groups in total. The Kier molecular flexibility index (Phi) is 4.65. The van der Waals surface area contributed by atoms with Crippen molar-refractivity contribution in [2.45, 2.75) is 25.4 Å². The molecule has 5 heterocycles. The first-order valence-corrected chi connectivity index (χ1v) is 12.1. The number of aromatic hydroxyl groups is 1. The van der Waals surface area contributed by atoms with Gasteiger partial charge in [-0.1, -0.05) is 18.2 Å². The molecule has 3 aromatic heterocycles. The second-order valence-corrected chi connectivity index (χ2v) is 9.81. The van der Waals surface area contributed by atoms with Gasteiger partial charge in [-0.15, -0.1) is 0 Å². The summed E-state index contributed by atoms with van der Waals surface area (Å²) in [4.78, 5) is 32.0. The maximum Gasteiger partial charge on any atom is 0.349 e. The number of oxazole rings is 1. The maximum absolute atomic E-state index is 13.0. The summed E-state index contributed by atoms with van der Waals surface area (Å²) >= 11 is 0. The Bertz CT molecular complexity index is 1730. The monoisotopic (exact) mass is 481 g/mol. The van der Waals surface area contributed by atoms with Gasteiger partial charge in [-0.05, 0) is 48.7 Å². The molecular formula is C28H23N3O5. The Morgan fingerprint density at radius 3 is 2.75 bits per heavy atom. The average molecular weight is 482 g/mol. The summed E-state index contributed by atoms with van der Waals surface area (Å²) in [6, 6.07) is 17.9. The fraction of sp³-hybridized carbons (Fsp3) is 0.250. The topological polar surface area (TPSA) is 102 Å². The molecule has 2 aliphatic heterocycles. The summed E-state index contributed by atoms with van der Waals surface area (Å²) in [6.45, 7) is 2.71. The number of phenolic OH excluding ortho intramolecular Hbond substituents is 1. The second-order valence-electron chi connectivity index (χ2n) is 9.81. The number of piperidine rings is 1. The maximum atomic E-state index is 13.0. The van der Waals surface area contributed by atoms with Gasteiger partial charge in [-0.2, -0.15) is 0 Å². The van der Waals surface area contributed by atoms with Crippen molar-refractivity contribution in [3.63, 3.8) is 0 Å². The predicted molar refractivity (Wildman–Crippen MR) is 134 cm³/mol. The highest BCUT2D eigenvalue weighted by Crippen LogP contribution is 2.37. The quantitative estimate of drug-likeness (QED) is 0.387. The molecule has 2 aliphatic rings.